The Balaban J connectivity index is 1.75. The van der Waals surface area contributed by atoms with Gasteiger partial charge in [0.1, 0.15) is 0 Å². The average Bonchev–Trinajstić information content (AvgIpc) is 3.00. The maximum Gasteiger partial charge on any atom is 0.0958 e. The van der Waals surface area contributed by atoms with Gasteiger partial charge < -0.3 is 9.80 Å². The van der Waals surface area contributed by atoms with Crippen LogP contribution in [0.3, 0.4) is 0 Å². The van der Waals surface area contributed by atoms with Crippen LogP contribution < -0.4 is 9.80 Å². The van der Waals surface area contributed by atoms with Crippen molar-refractivity contribution < 1.29 is 0 Å². The van der Waals surface area contributed by atoms with E-state index >= 15 is 0 Å². The summed E-state index contributed by atoms with van der Waals surface area (Å²) < 4.78 is 0. The minimum absolute atomic E-state index is 0.104. The molecule has 0 saturated heterocycles. The van der Waals surface area contributed by atoms with E-state index in [9.17, 15) is 0 Å². The minimum Gasteiger partial charge on any atom is -0.347 e. The number of hydrogen-bond donors (Lipinski definition) is 0. The Hall–Kier alpha value is -1.61. The van der Waals surface area contributed by atoms with E-state index in [4.69, 9.17) is 0 Å². The zero-order valence-corrected chi connectivity index (χ0v) is 19.1. The standard InChI is InChI=1S/C25H32N2S/c1-23(2,3)27-15-26-18-12-11-16-20(25(6,7)14-13-24(16,4)5)22(18)28-19-10-8-9-17(27)21(19)26/h8-12H,13-15H2,1-7H3. The van der Waals surface area contributed by atoms with Gasteiger partial charge in [-0.25, -0.2) is 0 Å². The summed E-state index contributed by atoms with van der Waals surface area (Å²) in [7, 11) is 0. The van der Waals surface area contributed by atoms with Crippen molar-refractivity contribution >= 4 is 28.8 Å². The van der Waals surface area contributed by atoms with Crippen LogP contribution >= 0.6 is 11.8 Å². The molecule has 0 amide bonds. The Morgan fingerprint density at radius 2 is 1.61 bits per heavy atom. The molecule has 2 aromatic rings. The highest BCUT2D eigenvalue weighted by Gasteiger charge is 2.44. The van der Waals surface area contributed by atoms with Gasteiger partial charge in [0, 0.05) is 15.3 Å². The molecule has 5 rings (SSSR count). The molecule has 2 aliphatic heterocycles. The highest BCUT2D eigenvalue weighted by Crippen LogP contribution is 2.60. The number of benzene rings is 2. The van der Waals surface area contributed by atoms with Crippen LogP contribution in [0, 0.1) is 0 Å². The van der Waals surface area contributed by atoms with E-state index < -0.39 is 0 Å². The lowest BCUT2D eigenvalue weighted by Gasteiger charge is -2.44. The van der Waals surface area contributed by atoms with Gasteiger partial charge in [-0.15, -0.1) is 0 Å². The Labute approximate surface area is 174 Å². The molecule has 3 heteroatoms. The van der Waals surface area contributed by atoms with Gasteiger partial charge in [-0.3, -0.25) is 0 Å². The summed E-state index contributed by atoms with van der Waals surface area (Å²) in [4.78, 5) is 8.02. The number of rotatable bonds is 0. The number of para-hydroxylation sites is 1. The molecule has 0 aromatic heterocycles. The second-order valence-corrected chi connectivity index (χ2v) is 12.1. The lowest BCUT2D eigenvalue weighted by atomic mass is 9.63. The third-order valence-electron chi connectivity index (χ3n) is 7.05. The molecule has 0 unspecified atom stereocenters. The van der Waals surface area contributed by atoms with Crippen molar-refractivity contribution in [3.05, 3.63) is 41.5 Å². The van der Waals surface area contributed by atoms with Crippen molar-refractivity contribution in [3.63, 3.8) is 0 Å². The van der Waals surface area contributed by atoms with E-state index in [0.717, 1.165) is 6.67 Å². The maximum atomic E-state index is 2.57. The third kappa shape index (κ3) is 2.41. The van der Waals surface area contributed by atoms with Gasteiger partial charge in [-0.05, 0) is 73.8 Å². The second-order valence-electron chi connectivity index (χ2n) is 11.0. The fourth-order valence-corrected chi connectivity index (χ4v) is 6.71. The predicted molar refractivity (Wildman–Crippen MR) is 122 cm³/mol. The number of anilines is 3. The van der Waals surface area contributed by atoms with Gasteiger partial charge >= 0.3 is 0 Å². The summed E-state index contributed by atoms with van der Waals surface area (Å²) in [6.07, 6.45) is 2.52. The van der Waals surface area contributed by atoms with E-state index in [1.54, 1.807) is 11.1 Å². The first-order valence-electron chi connectivity index (χ1n) is 10.5. The maximum absolute atomic E-state index is 2.57. The van der Waals surface area contributed by atoms with Crippen molar-refractivity contribution in [1.29, 1.82) is 0 Å². The smallest absolute Gasteiger partial charge is 0.0958 e. The van der Waals surface area contributed by atoms with Crippen LogP contribution in [0.4, 0.5) is 17.1 Å². The van der Waals surface area contributed by atoms with E-state index in [1.165, 1.54) is 39.7 Å². The van der Waals surface area contributed by atoms with E-state index in [0.29, 0.717) is 0 Å². The summed E-state index contributed by atoms with van der Waals surface area (Å²) in [5, 5.41) is 0. The van der Waals surface area contributed by atoms with Crippen LogP contribution in [-0.2, 0) is 10.8 Å². The lowest BCUT2D eigenvalue weighted by Crippen LogP contribution is -2.43. The van der Waals surface area contributed by atoms with Gasteiger partial charge in [0.25, 0.3) is 0 Å². The molecule has 0 spiro atoms. The van der Waals surface area contributed by atoms with Gasteiger partial charge in [-0.1, -0.05) is 51.6 Å². The molecule has 0 atom stereocenters. The first-order chi connectivity index (χ1) is 13.0. The fraction of sp³-hybridized carbons (Fsp3) is 0.520. The normalized spacial score (nSPS) is 21.2. The molecular formula is C25H32N2S. The Kier molecular flexibility index (Phi) is 3.62. The minimum atomic E-state index is 0.104. The van der Waals surface area contributed by atoms with Gasteiger partial charge in [0.15, 0.2) is 0 Å². The summed E-state index contributed by atoms with van der Waals surface area (Å²) in [5.74, 6) is 0. The predicted octanol–water partition coefficient (Wildman–Crippen LogP) is 7.21. The van der Waals surface area contributed by atoms with Crippen molar-refractivity contribution in [2.45, 2.75) is 87.5 Å². The summed E-state index contributed by atoms with van der Waals surface area (Å²) >= 11 is 2.00. The van der Waals surface area contributed by atoms with E-state index in [-0.39, 0.29) is 16.4 Å². The van der Waals surface area contributed by atoms with Crippen molar-refractivity contribution in [3.8, 4) is 0 Å². The van der Waals surface area contributed by atoms with Crippen LogP contribution in [0.15, 0.2) is 40.1 Å². The molecule has 148 valence electrons. The number of fused-ring (bicyclic) bond motifs is 4. The van der Waals surface area contributed by atoms with Gasteiger partial charge in [0.05, 0.1) is 23.7 Å². The van der Waals surface area contributed by atoms with Crippen LogP contribution in [0.25, 0.3) is 0 Å². The number of nitrogens with zero attached hydrogens (tertiary/aromatic N) is 2. The SMILES string of the molecule is CC1(C)CCC(C)(C)c2c1ccc1c2Sc2cccc3c2N1CN3C(C)(C)C. The Bertz CT molecular complexity index is 981. The third-order valence-corrected chi connectivity index (χ3v) is 8.22. The molecule has 0 saturated carbocycles. The Morgan fingerprint density at radius 3 is 2.32 bits per heavy atom. The van der Waals surface area contributed by atoms with Gasteiger partial charge in [-0.2, -0.15) is 0 Å². The molecule has 0 radical (unpaired) electrons. The first-order valence-corrected chi connectivity index (χ1v) is 11.4. The molecular weight excluding hydrogens is 360 g/mol. The largest absolute Gasteiger partial charge is 0.347 e. The molecule has 3 aliphatic rings. The fourth-order valence-electron chi connectivity index (χ4n) is 5.26. The van der Waals surface area contributed by atoms with E-state index in [2.05, 4.69) is 88.6 Å². The van der Waals surface area contributed by atoms with Crippen LogP contribution in [0.1, 0.15) is 72.4 Å². The highest BCUT2D eigenvalue weighted by molar-refractivity contribution is 7.99. The number of hydrogen-bond acceptors (Lipinski definition) is 3. The molecule has 2 heterocycles. The van der Waals surface area contributed by atoms with Crippen molar-refractivity contribution in [1.82, 2.24) is 0 Å². The molecule has 0 bridgehead atoms. The zero-order valence-electron chi connectivity index (χ0n) is 18.3. The zero-order chi connectivity index (χ0) is 20.1. The summed E-state index contributed by atoms with van der Waals surface area (Å²) in [6, 6.07) is 11.7. The summed E-state index contributed by atoms with van der Waals surface area (Å²) in [5.41, 5.74) is 7.92. The summed E-state index contributed by atoms with van der Waals surface area (Å²) in [6.45, 7) is 17.6. The second kappa shape index (κ2) is 5.50. The van der Waals surface area contributed by atoms with Crippen LogP contribution in [0.2, 0.25) is 0 Å². The average molecular weight is 393 g/mol. The van der Waals surface area contributed by atoms with E-state index in [1.807, 2.05) is 11.8 Å². The monoisotopic (exact) mass is 392 g/mol. The Morgan fingerprint density at radius 1 is 0.893 bits per heavy atom. The topological polar surface area (TPSA) is 6.48 Å². The van der Waals surface area contributed by atoms with Crippen LogP contribution in [0.5, 0.6) is 0 Å². The molecule has 0 N–H and O–H groups in total. The van der Waals surface area contributed by atoms with Crippen molar-refractivity contribution in [2.75, 3.05) is 16.5 Å². The molecule has 1 aliphatic carbocycles. The molecule has 0 fully saturated rings. The van der Waals surface area contributed by atoms with Gasteiger partial charge in [0.2, 0.25) is 0 Å². The van der Waals surface area contributed by atoms with Crippen molar-refractivity contribution in [2.24, 2.45) is 0 Å². The van der Waals surface area contributed by atoms with Crippen LogP contribution in [-0.4, -0.2) is 12.2 Å². The quantitative estimate of drug-likeness (QED) is 0.467. The molecule has 2 nitrogen and oxygen atoms in total. The molecule has 2 aromatic carbocycles. The molecule has 28 heavy (non-hydrogen) atoms. The lowest BCUT2D eigenvalue weighted by molar-refractivity contribution is 0.327. The first kappa shape index (κ1) is 18.4. The highest BCUT2D eigenvalue weighted by atomic mass is 32.2.